The molecule has 0 bridgehead atoms. The van der Waals surface area contributed by atoms with Gasteiger partial charge in [-0.3, -0.25) is 0 Å². The highest BCUT2D eigenvalue weighted by Crippen LogP contribution is 2.20. The number of aromatic nitrogens is 4. The summed E-state index contributed by atoms with van der Waals surface area (Å²) in [5.74, 6) is 0.312. The molecule has 0 atom stereocenters. The monoisotopic (exact) mass is 242 g/mol. The number of aryl methyl sites for hydroxylation is 2. The van der Waals surface area contributed by atoms with E-state index in [-0.39, 0.29) is 5.82 Å². The third kappa shape index (κ3) is 1.73. The normalized spacial score (nSPS) is 11.1. The lowest BCUT2D eigenvalue weighted by atomic mass is 10.2. The number of hydrogen-bond donors (Lipinski definition) is 0. The van der Waals surface area contributed by atoms with Crippen molar-refractivity contribution in [2.24, 2.45) is 0 Å². The standard InChI is InChI=1S/C13H11FN4/c1-8-6-18-7-10(5-11(14)13(18)16-8)12-3-4-15-9(2)17-12/h3-7H,1-2H3. The maximum absolute atomic E-state index is 13.9. The van der Waals surface area contributed by atoms with Crippen LogP contribution in [0.4, 0.5) is 4.39 Å². The minimum atomic E-state index is -0.350. The molecular weight excluding hydrogens is 231 g/mol. The highest BCUT2D eigenvalue weighted by atomic mass is 19.1. The lowest BCUT2D eigenvalue weighted by Gasteiger charge is -2.03. The first-order chi connectivity index (χ1) is 8.63. The number of halogens is 1. The van der Waals surface area contributed by atoms with Crippen LogP contribution in [0.25, 0.3) is 16.9 Å². The van der Waals surface area contributed by atoms with Gasteiger partial charge in [0, 0.05) is 24.2 Å². The number of imidazole rings is 1. The van der Waals surface area contributed by atoms with Crippen molar-refractivity contribution in [1.82, 2.24) is 19.4 Å². The van der Waals surface area contributed by atoms with Gasteiger partial charge in [-0.15, -0.1) is 0 Å². The average Bonchev–Trinajstić information content (AvgIpc) is 2.70. The Morgan fingerprint density at radius 2 is 2.00 bits per heavy atom. The van der Waals surface area contributed by atoms with Crippen molar-refractivity contribution in [2.45, 2.75) is 13.8 Å². The van der Waals surface area contributed by atoms with Crippen LogP contribution in [-0.4, -0.2) is 19.4 Å². The zero-order valence-corrected chi connectivity index (χ0v) is 10.1. The molecule has 18 heavy (non-hydrogen) atoms. The molecule has 0 saturated heterocycles. The molecule has 3 aromatic rings. The Morgan fingerprint density at radius 3 is 2.78 bits per heavy atom. The number of hydrogen-bond acceptors (Lipinski definition) is 3. The van der Waals surface area contributed by atoms with Crippen LogP contribution in [0.1, 0.15) is 11.5 Å². The largest absolute Gasteiger partial charge is 0.304 e. The average molecular weight is 242 g/mol. The summed E-state index contributed by atoms with van der Waals surface area (Å²) >= 11 is 0. The van der Waals surface area contributed by atoms with E-state index in [9.17, 15) is 4.39 Å². The highest BCUT2D eigenvalue weighted by molar-refractivity contribution is 5.61. The van der Waals surface area contributed by atoms with E-state index in [1.54, 1.807) is 29.8 Å². The first-order valence-corrected chi connectivity index (χ1v) is 5.58. The first kappa shape index (κ1) is 10.8. The molecule has 0 aliphatic rings. The van der Waals surface area contributed by atoms with E-state index in [2.05, 4.69) is 15.0 Å². The van der Waals surface area contributed by atoms with E-state index < -0.39 is 0 Å². The number of nitrogens with zero attached hydrogens (tertiary/aromatic N) is 4. The number of fused-ring (bicyclic) bond motifs is 1. The molecule has 3 aromatic heterocycles. The van der Waals surface area contributed by atoms with Gasteiger partial charge in [-0.1, -0.05) is 0 Å². The van der Waals surface area contributed by atoms with Crippen LogP contribution in [-0.2, 0) is 0 Å². The Bertz CT molecular complexity index is 733. The molecule has 0 amide bonds. The van der Waals surface area contributed by atoms with Gasteiger partial charge in [0.1, 0.15) is 5.82 Å². The van der Waals surface area contributed by atoms with Gasteiger partial charge >= 0.3 is 0 Å². The third-order valence-electron chi connectivity index (χ3n) is 2.70. The second kappa shape index (κ2) is 3.87. The molecule has 0 fully saturated rings. The summed E-state index contributed by atoms with van der Waals surface area (Å²) in [7, 11) is 0. The molecule has 0 aromatic carbocycles. The fraction of sp³-hybridized carbons (Fsp3) is 0.154. The molecule has 3 rings (SSSR count). The zero-order valence-electron chi connectivity index (χ0n) is 10.1. The molecule has 0 saturated carbocycles. The molecule has 4 nitrogen and oxygen atoms in total. The SMILES string of the molecule is Cc1cn2cc(-c3ccnc(C)n3)cc(F)c2n1. The lowest BCUT2D eigenvalue weighted by molar-refractivity contribution is 0.630. The van der Waals surface area contributed by atoms with Gasteiger partial charge in [0.2, 0.25) is 0 Å². The molecule has 3 heterocycles. The van der Waals surface area contributed by atoms with Crippen LogP contribution in [0, 0.1) is 19.7 Å². The second-order valence-electron chi connectivity index (χ2n) is 4.18. The van der Waals surface area contributed by atoms with Gasteiger partial charge in [-0.05, 0) is 26.0 Å². The van der Waals surface area contributed by atoms with Crippen molar-refractivity contribution in [2.75, 3.05) is 0 Å². The summed E-state index contributed by atoms with van der Waals surface area (Å²) in [4.78, 5) is 12.4. The summed E-state index contributed by atoms with van der Waals surface area (Å²) in [5, 5.41) is 0. The molecule has 90 valence electrons. The first-order valence-electron chi connectivity index (χ1n) is 5.58. The molecule has 5 heteroatoms. The van der Waals surface area contributed by atoms with E-state index in [0.29, 0.717) is 22.7 Å². The second-order valence-corrected chi connectivity index (χ2v) is 4.18. The summed E-state index contributed by atoms with van der Waals surface area (Å²) in [5.41, 5.74) is 2.53. The predicted molar refractivity (Wildman–Crippen MR) is 65.7 cm³/mol. The van der Waals surface area contributed by atoms with Gasteiger partial charge in [0.15, 0.2) is 11.5 Å². The van der Waals surface area contributed by atoms with Crippen molar-refractivity contribution in [1.29, 1.82) is 0 Å². The summed E-state index contributed by atoms with van der Waals surface area (Å²) in [6.07, 6.45) is 5.27. The minimum Gasteiger partial charge on any atom is -0.304 e. The van der Waals surface area contributed by atoms with Crippen molar-refractivity contribution in [3.05, 3.63) is 48.1 Å². The van der Waals surface area contributed by atoms with Gasteiger partial charge in [0.25, 0.3) is 0 Å². The quantitative estimate of drug-likeness (QED) is 0.658. The Kier molecular flexibility index (Phi) is 2.33. The fourth-order valence-electron chi connectivity index (χ4n) is 1.94. The number of pyridine rings is 1. The van der Waals surface area contributed by atoms with Crippen LogP contribution >= 0.6 is 0 Å². The van der Waals surface area contributed by atoms with E-state index in [0.717, 1.165) is 5.69 Å². The van der Waals surface area contributed by atoms with E-state index in [4.69, 9.17) is 0 Å². The molecule has 0 radical (unpaired) electrons. The lowest BCUT2D eigenvalue weighted by Crippen LogP contribution is -1.94. The Labute approximate surface area is 103 Å². The molecule has 0 spiro atoms. The minimum absolute atomic E-state index is 0.335. The summed E-state index contributed by atoms with van der Waals surface area (Å²) < 4.78 is 15.6. The molecular formula is C13H11FN4. The Morgan fingerprint density at radius 1 is 1.17 bits per heavy atom. The zero-order chi connectivity index (χ0) is 12.7. The van der Waals surface area contributed by atoms with Crippen molar-refractivity contribution >= 4 is 5.65 Å². The molecule has 0 aliphatic heterocycles. The summed E-state index contributed by atoms with van der Waals surface area (Å²) in [6, 6.07) is 3.21. The Hall–Kier alpha value is -2.30. The highest BCUT2D eigenvalue weighted by Gasteiger charge is 2.09. The van der Waals surface area contributed by atoms with Crippen LogP contribution in [0.5, 0.6) is 0 Å². The number of rotatable bonds is 1. The third-order valence-corrected chi connectivity index (χ3v) is 2.70. The summed E-state index contributed by atoms with van der Waals surface area (Å²) in [6.45, 7) is 3.64. The van der Waals surface area contributed by atoms with Crippen LogP contribution < -0.4 is 0 Å². The van der Waals surface area contributed by atoms with Crippen molar-refractivity contribution in [3.63, 3.8) is 0 Å². The van der Waals surface area contributed by atoms with E-state index in [1.807, 2.05) is 13.1 Å². The van der Waals surface area contributed by atoms with Gasteiger partial charge < -0.3 is 4.40 Å². The van der Waals surface area contributed by atoms with Gasteiger partial charge in [0.05, 0.1) is 11.4 Å². The van der Waals surface area contributed by atoms with Gasteiger partial charge in [-0.25, -0.2) is 19.3 Å². The van der Waals surface area contributed by atoms with Crippen LogP contribution in [0.2, 0.25) is 0 Å². The molecule has 0 N–H and O–H groups in total. The molecule has 0 aliphatic carbocycles. The van der Waals surface area contributed by atoms with Gasteiger partial charge in [-0.2, -0.15) is 0 Å². The predicted octanol–water partition coefficient (Wildman–Crippen LogP) is 2.55. The van der Waals surface area contributed by atoms with E-state index in [1.165, 1.54) is 6.07 Å². The van der Waals surface area contributed by atoms with Crippen molar-refractivity contribution < 1.29 is 4.39 Å². The molecule has 0 unspecified atom stereocenters. The fourth-order valence-corrected chi connectivity index (χ4v) is 1.94. The van der Waals surface area contributed by atoms with E-state index >= 15 is 0 Å². The smallest absolute Gasteiger partial charge is 0.173 e. The maximum atomic E-state index is 13.9. The maximum Gasteiger partial charge on any atom is 0.173 e. The van der Waals surface area contributed by atoms with Crippen LogP contribution in [0.3, 0.4) is 0 Å². The van der Waals surface area contributed by atoms with Crippen LogP contribution in [0.15, 0.2) is 30.7 Å². The van der Waals surface area contributed by atoms with Crippen molar-refractivity contribution in [3.8, 4) is 11.3 Å². The Balaban J connectivity index is 2.24. The topological polar surface area (TPSA) is 43.1 Å².